The molecule has 1 aromatic carbocycles. The van der Waals surface area contributed by atoms with Crippen molar-refractivity contribution in [3.8, 4) is 5.75 Å². The van der Waals surface area contributed by atoms with Gasteiger partial charge in [0.15, 0.2) is 0 Å². The van der Waals surface area contributed by atoms with E-state index < -0.39 is 10.2 Å². The summed E-state index contributed by atoms with van der Waals surface area (Å²) in [6.45, 7) is 2.50. The fourth-order valence-electron chi connectivity index (χ4n) is 2.20. The number of phenols is 1. The summed E-state index contributed by atoms with van der Waals surface area (Å²) in [4.78, 5) is 0. The van der Waals surface area contributed by atoms with Gasteiger partial charge in [-0.3, -0.25) is 4.31 Å². The number of phenolic OH excluding ortho intramolecular Hbond substituents is 1. The minimum absolute atomic E-state index is 0.0505. The molecule has 1 aliphatic heterocycles. The van der Waals surface area contributed by atoms with E-state index in [2.05, 4.69) is 0 Å². The Morgan fingerprint density at radius 3 is 2.44 bits per heavy atom. The van der Waals surface area contributed by atoms with Gasteiger partial charge in [-0.05, 0) is 44.0 Å². The first-order valence-corrected chi connectivity index (χ1v) is 7.37. The highest BCUT2D eigenvalue weighted by Crippen LogP contribution is 2.26. The number of hydrogen-bond acceptors (Lipinski definition) is 3. The van der Waals surface area contributed by atoms with Crippen molar-refractivity contribution in [3.05, 3.63) is 24.3 Å². The topological polar surface area (TPSA) is 60.9 Å². The van der Waals surface area contributed by atoms with Gasteiger partial charge in [-0.2, -0.15) is 12.7 Å². The van der Waals surface area contributed by atoms with E-state index in [1.165, 1.54) is 27.8 Å². The molecule has 0 radical (unpaired) electrons. The second-order valence-electron chi connectivity index (χ2n) is 4.59. The van der Waals surface area contributed by atoms with Gasteiger partial charge in [-0.15, -0.1) is 0 Å². The maximum absolute atomic E-state index is 12.4. The van der Waals surface area contributed by atoms with Crippen molar-refractivity contribution in [1.29, 1.82) is 0 Å². The molecule has 1 atom stereocenters. The fourth-order valence-corrected chi connectivity index (χ4v) is 3.83. The fraction of sp³-hybridized carbons (Fsp3) is 0.500. The van der Waals surface area contributed by atoms with Gasteiger partial charge in [0.25, 0.3) is 0 Å². The van der Waals surface area contributed by atoms with E-state index in [9.17, 15) is 13.5 Å². The second-order valence-corrected chi connectivity index (χ2v) is 6.51. The molecule has 6 heteroatoms. The maximum atomic E-state index is 12.4. The molecule has 100 valence electrons. The smallest absolute Gasteiger partial charge is 0.304 e. The predicted octanol–water partition coefficient (Wildman–Crippen LogP) is 1.56. The lowest BCUT2D eigenvalue weighted by atomic mass is 10.3. The van der Waals surface area contributed by atoms with E-state index in [4.69, 9.17) is 0 Å². The van der Waals surface area contributed by atoms with Crippen molar-refractivity contribution >= 4 is 15.9 Å². The van der Waals surface area contributed by atoms with Crippen LogP contribution in [0.5, 0.6) is 5.75 Å². The summed E-state index contributed by atoms with van der Waals surface area (Å²) in [6, 6.07) is 6.19. The van der Waals surface area contributed by atoms with Crippen LogP contribution in [0, 0.1) is 0 Å². The molecule has 0 spiro atoms. The van der Waals surface area contributed by atoms with E-state index in [1.807, 2.05) is 6.92 Å². The van der Waals surface area contributed by atoms with Crippen LogP contribution in [0.15, 0.2) is 24.3 Å². The first-order chi connectivity index (χ1) is 8.43. The molecule has 0 bridgehead atoms. The lowest BCUT2D eigenvalue weighted by Gasteiger charge is -2.28. The van der Waals surface area contributed by atoms with Crippen LogP contribution in [0.4, 0.5) is 5.69 Å². The van der Waals surface area contributed by atoms with Crippen LogP contribution in [0.2, 0.25) is 0 Å². The Labute approximate surface area is 108 Å². The van der Waals surface area contributed by atoms with Crippen LogP contribution in [0.1, 0.15) is 19.8 Å². The quantitative estimate of drug-likeness (QED) is 0.906. The van der Waals surface area contributed by atoms with Crippen LogP contribution < -0.4 is 4.31 Å². The normalized spacial score (nSPS) is 21.1. The third-order valence-corrected chi connectivity index (χ3v) is 5.39. The molecule has 0 aromatic heterocycles. The van der Waals surface area contributed by atoms with E-state index in [-0.39, 0.29) is 11.8 Å². The van der Waals surface area contributed by atoms with Gasteiger partial charge in [-0.1, -0.05) is 0 Å². The summed E-state index contributed by atoms with van der Waals surface area (Å²) in [5, 5.41) is 9.22. The van der Waals surface area contributed by atoms with E-state index >= 15 is 0 Å². The summed E-state index contributed by atoms with van der Waals surface area (Å²) in [6.07, 6.45) is 1.81. The Balaban J connectivity index is 2.27. The minimum Gasteiger partial charge on any atom is -0.508 e. The molecule has 1 fully saturated rings. The lowest BCUT2D eigenvalue weighted by molar-refractivity contribution is 0.407. The number of anilines is 1. The molecule has 1 aliphatic rings. The van der Waals surface area contributed by atoms with Crippen LogP contribution in [0.3, 0.4) is 0 Å². The summed E-state index contributed by atoms with van der Waals surface area (Å²) in [7, 11) is -1.93. The summed E-state index contributed by atoms with van der Waals surface area (Å²) < 4.78 is 27.6. The number of hydrogen-bond donors (Lipinski definition) is 1. The third-order valence-electron chi connectivity index (χ3n) is 3.35. The molecule has 1 aromatic rings. The molecule has 1 unspecified atom stereocenters. The Hall–Kier alpha value is -1.27. The Morgan fingerprint density at radius 1 is 1.33 bits per heavy atom. The number of rotatable bonds is 3. The van der Waals surface area contributed by atoms with Gasteiger partial charge in [-0.25, -0.2) is 0 Å². The van der Waals surface area contributed by atoms with Gasteiger partial charge >= 0.3 is 10.2 Å². The average Bonchev–Trinajstić information content (AvgIpc) is 2.76. The molecule has 1 saturated heterocycles. The van der Waals surface area contributed by atoms with Crippen LogP contribution in [-0.4, -0.2) is 37.5 Å². The van der Waals surface area contributed by atoms with Crippen molar-refractivity contribution in [3.63, 3.8) is 0 Å². The minimum atomic E-state index is -3.47. The van der Waals surface area contributed by atoms with Crippen molar-refractivity contribution in [2.75, 3.05) is 17.9 Å². The highest BCUT2D eigenvalue weighted by atomic mass is 32.2. The van der Waals surface area contributed by atoms with Crippen LogP contribution in [-0.2, 0) is 10.2 Å². The van der Waals surface area contributed by atoms with Crippen molar-refractivity contribution in [2.45, 2.75) is 25.8 Å². The first-order valence-electron chi connectivity index (χ1n) is 5.97. The highest BCUT2D eigenvalue weighted by Gasteiger charge is 2.34. The summed E-state index contributed by atoms with van der Waals surface area (Å²) in [5.74, 6) is 0.124. The lowest BCUT2D eigenvalue weighted by Crippen LogP contribution is -2.43. The molecular formula is C12H18N2O3S. The van der Waals surface area contributed by atoms with Crippen molar-refractivity contribution in [1.82, 2.24) is 4.31 Å². The van der Waals surface area contributed by atoms with Gasteiger partial charge in [0.1, 0.15) is 5.75 Å². The average molecular weight is 270 g/mol. The van der Waals surface area contributed by atoms with Gasteiger partial charge in [0.05, 0.1) is 5.69 Å². The molecule has 1 heterocycles. The third kappa shape index (κ3) is 2.30. The summed E-state index contributed by atoms with van der Waals surface area (Å²) >= 11 is 0. The number of benzene rings is 1. The highest BCUT2D eigenvalue weighted by molar-refractivity contribution is 7.90. The molecule has 0 saturated carbocycles. The predicted molar refractivity (Wildman–Crippen MR) is 70.8 cm³/mol. The first kappa shape index (κ1) is 13.2. The Morgan fingerprint density at radius 2 is 1.94 bits per heavy atom. The second kappa shape index (κ2) is 4.78. The zero-order valence-corrected chi connectivity index (χ0v) is 11.4. The van der Waals surface area contributed by atoms with Crippen LogP contribution >= 0.6 is 0 Å². The van der Waals surface area contributed by atoms with Gasteiger partial charge in [0, 0.05) is 19.6 Å². The van der Waals surface area contributed by atoms with E-state index in [1.54, 1.807) is 12.1 Å². The SMILES string of the molecule is CC1CCCN1S(=O)(=O)N(C)c1ccc(O)cc1. The Bertz CT molecular complexity index is 513. The zero-order chi connectivity index (χ0) is 13.3. The van der Waals surface area contributed by atoms with Crippen molar-refractivity contribution < 1.29 is 13.5 Å². The molecule has 18 heavy (non-hydrogen) atoms. The molecule has 0 aliphatic carbocycles. The van der Waals surface area contributed by atoms with E-state index in [0.717, 1.165) is 12.8 Å². The standard InChI is InChI=1S/C12H18N2O3S/c1-10-4-3-9-14(10)18(16,17)13(2)11-5-7-12(15)8-6-11/h5-8,10,15H,3-4,9H2,1-2H3. The summed E-state index contributed by atoms with van der Waals surface area (Å²) in [5.41, 5.74) is 0.548. The number of nitrogens with zero attached hydrogens (tertiary/aromatic N) is 2. The van der Waals surface area contributed by atoms with Gasteiger partial charge < -0.3 is 5.11 Å². The molecular weight excluding hydrogens is 252 g/mol. The van der Waals surface area contributed by atoms with E-state index in [0.29, 0.717) is 12.2 Å². The molecule has 1 N–H and O–H groups in total. The largest absolute Gasteiger partial charge is 0.508 e. The maximum Gasteiger partial charge on any atom is 0.304 e. The van der Waals surface area contributed by atoms with Crippen molar-refractivity contribution in [2.24, 2.45) is 0 Å². The van der Waals surface area contributed by atoms with Crippen LogP contribution in [0.25, 0.3) is 0 Å². The molecule has 5 nitrogen and oxygen atoms in total. The Kier molecular flexibility index (Phi) is 3.49. The molecule has 2 rings (SSSR count). The monoisotopic (exact) mass is 270 g/mol. The zero-order valence-electron chi connectivity index (χ0n) is 10.6. The van der Waals surface area contributed by atoms with Gasteiger partial charge in [0.2, 0.25) is 0 Å². The molecule has 0 amide bonds. The number of aromatic hydroxyl groups is 1.